The molecule has 0 bridgehead atoms. The van der Waals surface area contributed by atoms with Crippen molar-refractivity contribution in [2.45, 2.75) is 38.4 Å². The van der Waals surface area contributed by atoms with Crippen LogP contribution in [0.3, 0.4) is 0 Å². The first-order valence-corrected chi connectivity index (χ1v) is 5.23. The summed E-state index contributed by atoms with van der Waals surface area (Å²) in [6.45, 7) is 9.01. The molecule has 0 aromatic rings. The first-order valence-electron chi connectivity index (χ1n) is 5.23. The lowest BCUT2D eigenvalue weighted by molar-refractivity contribution is 0.0150. The molecule has 1 rings (SSSR count). The van der Waals surface area contributed by atoms with E-state index in [4.69, 9.17) is 4.74 Å². The van der Waals surface area contributed by atoms with E-state index in [1.54, 1.807) is 20.8 Å². The lowest BCUT2D eigenvalue weighted by Gasteiger charge is -2.25. The summed E-state index contributed by atoms with van der Waals surface area (Å²) >= 11 is 0. The van der Waals surface area contributed by atoms with Crippen LogP contribution in [0.4, 0.5) is 4.79 Å². The van der Waals surface area contributed by atoms with Crippen LogP contribution in [0.1, 0.15) is 27.2 Å². The Hall–Kier alpha value is -1.23. The van der Waals surface area contributed by atoms with Gasteiger partial charge >= 0.3 is 6.09 Å². The van der Waals surface area contributed by atoms with E-state index in [0.29, 0.717) is 6.54 Å². The predicted octanol–water partition coefficient (Wildman–Crippen LogP) is 1.43. The van der Waals surface area contributed by atoms with Crippen LogP contribution in [0, 0.1) is 0 Å². The highest BCUT2D eigenvalue weighted by Gasteiger charge is 2.42. The molecule has 0 saturated carbocycles. The number of nitrogens with zero attached hydrogens (tertiary/aromatic N) is 1. The highest BCUT2D eigenvalue weighted by Crippen LogP contribution is 2.27. The minimum Gasteiger partial charge on any atom is -0.510 e. The Morgan fingerprint density at radius 1 is 1.50 bits per heavy atom. The fraction of sp³-hybridized carbons (Fsp3) is 0.727. The summed E-state index contributed by atoms with van der Waals surface area (Å²) in [5.74, 6) is -0.307. The molecule has 1 fully saturated rings. The summed E-state index contributed by atoms with van der Waals surface area (Å²) in [6, 6.07) is 0. The Bertz CT molecular complexity index is 308. The number of aliphatic hydroxyl groups excluding tert-OH is 1. The third kappa shape index (κ3) is 2.88. The van der Waals surface area contributed by atoms with Gasteiger partial charge in [-0.2, -0.15) is 0 Å². The molecule has 2 N–H and O–H groups in total. The molecule has 16 heavy (non-hydrogen) atoms. The second kappa shape index (κ2) is 3.97. The lowest BCUT2D eigenvalue weighted by Crippen LogP contribution is -2.39. The number of carbonyl (C=O) groups is 1. The molecule has 5 nitrogen and oxygen atoms in total. The van der Waals surface area contributed by atoms with Crippen LogP contribution in [0.2, 0.25) is 0 Å². The quantitative estimate of drug-likeness (QED) is 0.667. The van der Waals surface area contributed by atoms with E-state index in [0.717, 1.165) is 0 Å². The van der Waals surface area contributed by atoms with E-state index in [-0.39, 0.29) is 18.7 Å². The largest absolute Gasteiger partial charge is 0.510 e. The smallest absolute Gasteiger partial charge is 0.410 e. The van der Waals surface area contributed by atoms with Gasteiger partial charge < -0.3 is 19.8 Å². The minimum absolute atomic E-state index is 0.0250. The molecule has 0 radical (unpaired) electrons. The first kappa shape index (κ1) is 12.8. The molecule has 1 unspecified atom stereocenters. The van der Waals surface area contributed by atoms with Gasteiger partial charge in [0.1, 0.15) is 17.0 Å². The van der Waals surface area contributed by atoms with Gasteiger partial charge in [0.2, 0.25) is 0 Å². The average Bonchev–Trinajstić information content (AvgIpc) is 2.46. The predicted molar refractivity (Wildman–Crippen MR) is 59.1 cm³/mol. The monoisotopic (exact) mass is 229 g/mol. The van der Waals surface area contributed by atoms with Crippen LogP contribution in [0.25, 0.3) is 0 Å². The third-order valence-corrected chi connectivity index (χ3v) is 2.44. The zero-order valence-corrected chi connectivity index (χ0v) is 9.99. The van der Waals surface area contributed by atoms with Gasteiger partial charge in [-0.3, -0.25) is 0 Å². The molecule has 1 atom stereocenters. The molecule has 92 valence electrons. The zero-order chi connectivity index (χ0) is 12.6. The topological polar surface area (TPSA) is 70.0 Å². The van der Waals surface area contributed by atoms with Crippen molar-refractivity contribution in [3.63, 3.8) is 0 Å². The van der Waals surface area contributed by atoms with Gasteiger partial charge in [-0.25, -0.2) is 4.79 Å². The van der Waals surface area contributed by atoms with E-state index in [9.17, 15) is 15.0 Å². The number of hydrogen-bond acceptors (Lipinski definition) is 4. The molecular weight excluding hydrogens is 210 g/mol. The van der Waals surface area contributed by atoms with Crippen molar-refractivity contribution in [2.24, 2.45) is 0 Å². The van der Waals surface area contributed by atoms with Gasteiger partial charge in [0.05, 0.1) is 6.54 Å². The van der Waals surface area contributed by atoms with Crippen LogP contribution < -0.4 is 0 Å². The number of ether oxygens (including phenoxy) is 1. The summed E-state index contributed by atoms with van der Waals surface area (Å²) in [5, 5.41) is 19.1. The van der Waals surface area contributed by atoms with Crippen molar-refractivity contribution in [3.8, 4) is 0 Å². The number of hydrogen-bond donors (Lipinski definition) is 2. The van der Waals surface area contributed by atoms with Crippen LogP contribution >= 0.6 is 0 Å². The highest BCUT2D eigenvalue weighted by atomic mass is 16.6. The molecule has 1 saturated heterocycles. The van der Waals surface area contributed by atoms with E-state index in [2.05, 4.69) is 6.58 Å². The molecule has 1 amide bonds. The van der Waals surface area contributed by atoms with Crippen LogP contribution in [0.5, 0.6) is 0 Å². The Balaban J connectivity index is 2.60. The number of β-amino-alcohol motifs (C(OH)–C–C–N with tert-alkyl or cyclic N) is 1. The van der Waals surface area contributed by atoms with Gasteiger partial charge in [-0.05, 0) is 20.8 Å². The fourth-order valence-corrected chi connectivity index (χ4v) is 1.51. The average molecular weight is 229 g/mol. The lowest BCUT2D eigenvalue weighted by atomic mass is 10.0. The number of amides is 1. The number of likely N-dealkylation sites (tertiary alicyclic amines) is 1. The van der Waals surface area contributed by atoms with Crippen molar-refractivity contribution in [2.75, 3.05) is 13.1 Å². The van der Waals surface area contributed by atoms with Crippen molar-refractivity contribution < 1.29 is 19.7 Å². The second-order valence-electron chi connectivity index (χ2n) is 5.13. The third-order valence-electron chi connectivity index (χ3n) is 2.44. The summed E-state index contributed by atoms with van der Waals surface area (Å²) in [7, 11) is 0. The van der Waals surface area contributed by atoms with Gasteiger partial charge in [0, 0.05) is 13.0 Å². The molecule has 5 heteroatoms. The summed E-state index contributed by atoms with van der Waals surface area (Å²) in [4.78, 5) is 13.0. The van der Waals surface area contributed by atoms with E-state index in [1.165, 1.54) is 4.90 Å². The molecule has 0 aromatic heterocycles. The van der Waals surface area contributed by atoms with Crippen molar-refractivity contribution in [1.29, 1.82) is 0 Å². The van der Waals surface area contributed by atoms with E-state index in [1.807, 2.05) is 0 Å². The molecule has 0 aromatic carbocycles. The standard InChI is InChI=1S/C11H19NO4/c1-8(13)11(15)5-6-12(7-11)9(14)16-10(2,3)4/h13,15H,1,5-7H2,2-4H3. The number of aliphatic hydroxyl groups is 2. The highest BCUT2D eigenvalue weighted by molar-refractivity contribution is 5.68. The van der Waals surface area contributed by atoms with E-state index >= 15 is 0 Å². The zero-order valence-electron chi connectivity index (χ0n) is 9.99. The van der Waals surface area contributed by atoms with Gasteiger partial charge in [0.15, 0.2) is 0 Å². The Kier molecular flexibility index (Phi) is 3.19. The summed E-state index contributed by atoms with van der Waals surface area (Å²) in [5.41, 5.74) is -1.95. The maximum absolute atomic E-state index is 11.7. The minimum atomic E-state index is -1.39. The second-order valence-corrected chi connectivity index (χ2v) is 5.13. The Morgan fingerprint density at radius 2 is 2.06 bits per heavy atom. The van der Waals surface area contributed by atoms with Crippen LogP contribution in [-0.4, -0.2) is 45.5 Å². The van der Waals surface area contributed by atoms with Crippen molar-refractivity contribution in [1.82, 2.24) is 4.90 Å². The molecule has 0 spiro atoms. The van der Waals surface area contributed by atoms with E-state index < -0.39 is 17.3 Å². The van der Waals surface area contributed by atoms with Gasteiger partial charge in [-0.1, -0.05) is 6.58 Å². The fourth-order valence-electron chi connectivity index (χ4n) is 1.51. The number of carbonyl (C=O) groups excluding carboxylic acids is 1. The van der Waals surface area contributed by atoms with Crippen LogP contribution in [-0.2, 0) is 4.74 Å². The SMILES string of the molecule is C=C(O)C1(O)CCN(C(=O)OC(C)(C)C)C1. The normalized spacial score (nSPS) is 25.6. The Labute approximate surface area is 95.3 Å². The number of rotatable bonds is 1. The van der Waals surface area contributed by atoms with Gasteiger partial charge in [-0.15, -0.1) is 0 Å². The molecular formula is C11H19NO4. The maximum Gasteiger partial charge on any atom is 0.410 e. The van der Waals surface area contributed by atoms with Crippen molar-refractivity contribution in [3.05, 3.63) is 12.3 Å². The molecule has 0 aliphatic carbocycles. The van der Waals surface area contributed by atoms with Crippen LogP contribution in [0.15, 0.2) is 12.3 Å². The summed E-state index contributed by atoms with van der Waals surface area (Å²) in [6.07, 6.45) is -0.202. The first-order chi connectivity index (χ1) is 7.14. The summed E-state index contributed by atoms with van der Waals surface area (Å²) < 4.78 is 5.16. The molecule has 1 aliphatic heterocycles. The Morgan fingerprint density at radius 3 is 2.44 bits per heavy atom. The molecule has 1 heterocycles. The van der Waals surface area contributed by atoms with Gasteiger partial charge in [0.25, 0.3) is 0 Å². The van der Waals surface area contributed by atoms with Crippen molar-refractivity contribution >= 4 is 6.09 Å². The molecule has 1 aliphatic rings. The maximum atomic E-state index is 11.7.